The van der Waals surface area contributed by atoms with Crippen LogP contribution in [0.15, 0.2) is 24.4 Å². The number of rotatable bonds is 3. The van der Waals surface area contributed by atoms with Crippen LogP contribution in [-0.2, 0) is 6.54 Å². The third-order valence-electron chi connectivity index (χ3n) is 2.36. The molecule has 0 fully saturated rings. The first-order chi connectivity index (χ1) is 7.22. The van der Waals surface area contributed by atoms with E-state index in [4.69, 9.17) is 28.3 Å². The molecule has 0 aliphatic heterocycles. The van der Waals surface area contributed by atoms with Crippen LogP contribution in [0.3, 0.4) is 0 Å². The van der Waals surface area contributed by atoms with Crippen molar-refractivity contribution in [2.75, 3.05) is 6.61 Å². The van der Waals surface area contributed by atoms with E-state index in [1.165, 1.54) is 0 Å². The van der Waals surface area contributed by atoms with Gasteiger partial charge in [-0.05, 0) is 24.6 Å². The molecule has 0 aliphatic rings. The highest BCUT2D eigenvalue weighted by Gasteiger charge is 2.05. The summed E-state index contributed by atoms with van der Waals surface area (Å²) >= 11 is 12.0. The molecule has 4 heteroatoms. The normalized spacial score (nSPS) is 11.1. The predicted octanol–water partition coefficient (Wildman–Crippen LogP) is 3.33. The summed E-state index contributed by atoms with van der Waals surface area (Å²) in [7, 11) is 0. The largest absolute Gasteiger partial charge is 0.396 e. The molecule has 80 valence electrons. The Labute approximate surface area is 98.0 Å². The van der Waals surface area contributed by atoms with Gasteiger partial charge in [0.15, 0.2) is 0 Å². The number of fused-ring (bicyclic) bond motifs is 1. The highest BCUT2D eigenvalue weighted by molar-refractivity contribution is 6.38. The van der Waals surface area contributed by atoms with Gasteiger partial charge in [0.25, 0.3) is 0 Å². The van der Waals surface area contributed by atoms with Crippen molar-refractivity contribution in [1.29, 1.82) is 0 Å². The van der Waals surface area contributed by atoms with Gasteiger partial charge in [-0.15, -0.1) is 0 Å². The third kappa shape index (κ3) is 2.12. The molecule has 2 rings (SSSR count). The maximum absolute atomic E-state index is 8.78. The fourth-order valence-corrected chi connectivity index (χ4v) is 2.20. The molecule has 15 heavy (non-hydrogen) atoms. The van der Waals surface area contributed by atoms with Gasteiger partial charge in [0, 0.05) is 29.8 Å². The van der Waals surface area contributed by atoms with Gasteiger partial charge in [-0.1, -0.05) is 23.2 Å². The zero-order valence-electron chi connectivity index (χ0n) is 8.08. The van der Waals surface area contributed by atoms with Crippen molar-refractivity contribution >= 4 is 34.1 Å². The van der Waals surface area contributed by atoms with Crippen LogP contribution in [0.2, 0.25) is 10.0 Å². The first-order valence-electron chi connectivity index (χ1n) is 4.77. The van der Waals surface area contributed by atoms with Crippen molar-refractivity contribution in [3.05, 3.63) is 34.4 Å². The Hall–Kier alpha value is -0.700. The Morgan fingerprint density at radius 3 is 2.80 bits per heavy atom. The Bertz CT molecular complexity index is 479. The maximum atomic E-state index is 8.78. The molecular formula is C11H11Cl2NO. The third-order valence-corrected chi connectivity index (χ3v) is 2.89. The quantitative estimate of drug-likeness (QED) is 0.880. The number of hydrogen-bond acceptors (Lipinski definition) is 1. The number of aliphatic hydroxyl groups excluding tert-OH is 1. The van der Waals surface area contributed by atoms with E-state index < -0.39 is 0 Å². The summed E-state index contributed by atoms with van der Waals surface area (Å²) < 4.78 is 2.04. The average Bonchev–Trinajstić information content (AvgIpc) is 2.58. The summed E-state index contributed by atoms with van der Waals surface area (Å²) in [6.07, 6.45) is 2.69. The van der Waals surface area contributed by atoms with Gasteiger partial charge >= 0.3 is 0 Å². The van der Waals surface area contributed by atoms with E-state index in [9.17, 15) is 0 Å². The molecule has 1 aromatic carbocycles. The van der Waals surface area contributed by atoms with Gasteiger partial charge < -0.3 is 9.67 Å². The van der Waals surface area contributed by atoms with Gasteiger partial charge in [-0.3, -0.25) is 0 Å². The smallest absolute Gasteiger partial charge is 0.0514 e. The van der Waals surface area contributed by atoms with Crippen LogP contribution in [0.5, 0.6) is 0 Å². The molecular weight excluding hydrogens is 233 g/mol. The molecule has 0 aliphatic carbocycles. The first-order valence-corrected chi connectivity index (χ1v) is 5.52. The fraction of sp³-hybridized carbons (Fsp3) is 0.273. The molecule has 0 spiro atoms. The second kappa shape index (κ2) is 4.44. The molecule has 2 aromatic rings. The van der Waals surface area contributed by atoms with Crippen molar-refractivity contribution < 1.29 is 5.11 Å². The topological polar surface area (TPSA) is 25.2 Å². The molecule has 0 saturated heterocycles. The standard InChI is InChI=1S/C11H11Cl2NO/c12-8-6-10(13)9-2-4-14(3-1-5-15)11(9)7-8/h2,4,6-7,15H,1,3,5H2. The van der Waals surface area contributed by atoms with E-state index in [0.29, 0.717) is 10.0 Å². The molecule has 2 nitrogen and oxygen atoms in total. The SMILES string of the molecule is OCCCn1ccc2c(Cl)cc(Cl)cc21. The highest BCUT2D eigenvalue weighted by Crippen LogP contribution is 2.28. The summed E-state index contributed by atoms with van der Waals surface area (Å²) in [6.45, 7) is 0.963. The van der Waals surface area contributed by atoms with E-state index in [1.54, 1.807) is 6.07 Å². The molecule has 0 bridgehead atoms. The van der Waals surface area contributed by atoms with Gasteiger partial charge in [-0.2, -0.15) is 0 Å². The summed E-state index contributed by atoms with van der Waals surface area (Å²) in [5.41, 5.74) is 1.01. The van der Waals surface area contributed by atoms with Crippen LogP contribution in [0.1, 0.15) is 6.42 Å². The van der Waals surface area contributed by atoms with Crippen molar-refractivity contribution in [2.24, 2.45) is 0 Å². The van der Waals surface area contributed by atoms with E-state index >= 15 is 0 Å². The highest BCUT2D eigenvalue weighted by atomic mass is 35.5. The number of benzene rings is 1. The molecule has 1 aromatic heterocycles. The maximum Gasteiger partial charge on any atom is 0.0514 e. The van der Waals surface area contributed by atoms with Crippen molar-refractivity contribution in [1.82, 2.24) is 4.57 Å². The fourth-order valence-electron chi connectivity index (χ4n) is 1.65. The number of aromatic nitrogens is 1. The summed E-state index contributed by atoms with van der Waals surface area (Å²) in [4.78, 5) is 0. The van der Waals surface area contributed by atoms with Gasteiger partial charge in [0.2, 0.25) is 0 Å². The lowest BCUT2D eigenvalue weighted by Crippen LogP contribution is -1.98. The molecule has 0 saturated carbocycles. The first kappa shape index (κ1) is 10.8. The Morgan fingerprint density at radius 1 is 1.27 bits per heavy atom. The number of nitrogens with zero attached hydrogens (tertiary/aromatic N) is 1. The van der Waals surface area contributed by atoms with E-state index in [2.05, 4.69) is 0 Å². The van der Waals surface area contributed by atoms with Crippen LogP contribution >= 0.6 is 23.2 Å². The Balaban J connectivity index is 2.49. The van der Waals surface area contributed by atoms with Crippen molar-refractivity contribution in [3.8, 4) is 0 Å². The molecule has 0 atom stereocenters. The van der Waals surface area contributed by atoms with Gasteiger partial charge in [0.1, 0.15) is 0 Å². The van der Waals surface area contributed by atoms with E-state index in [0.717, 1.165) is 23.9 Å². The number of aliphatic hydroxyl groups is 1. The van der Waals surface area contributed by atoms with Crippen LogP contribution in [0.25, 0.3) is 10.9 Å². The van der Waals surface area contributed by atoms with Crippen molar-refractivity contribution in [2.45, 2.75) is 13.0 Å². The van der Waals surface area contributed by atoms with Gasteiger partial charge in [-0.25, -0.2) is 0 Å². The molecule has 1 heterocycles. The minimum atomic E-state index is 0.188. The van der Waals surface area contributed by atoms with Crippen LogP contribution in [0.4, 0.5) is 0 Å². The van der Waals surface area contributed by atoms with Crippen LogP contribution in [0, 0.1) is 0 Å². The lowest BCUT2D eigenvalue weighted by Gasteiger charge is -2.04. The minimum Gasteiger partial charge on any atom is -0.396 e. The summed E-state index contributed by atoms with van der Waals surface area (Å²) in [5.74, 6) is 0. The zero-order valence-corrected chi connectivity index (χ0v) is 9.59. The van der Waals surface area contributed by atoms with Crippen molar-refractivity contribution in [3.63, 3.8) is 0 Å². The summed E-state index contributed by atoms with van der Waals surface area (Å²) in [6, 6.07) is 5.59. The molecule has 0 radical (unpaired) electrons. The van der Waals surface area contributed by atoms with Crippen LogP contribution in [-0.4, -0.2) is 16.3 Å². The lowest BCUT2D eigenvalue weighted by atomic mass is 10.2. The molecule has 1 N–H and O–H groups in total. The Kier molecular flexibility index (Phi) is 3.19. The van der Waals surface area contributed by atoms with E-state index in [1.807, 2.05) is 22.9 Å². The summed E-state index contributed by atoms with van der Waals surface area (Å²) in [5, 5.41) is 11.1. The van der Waals surface area contributed by atoms with Gasteiger partial charge in [0.05, 0.1) is 10.5 Å². The molecule has 0 amide bonds. The number of hydrogen-bond donors (Lipinski definition) is 1. The molecule has 0 unspecified atom stereocenters. The minimum absolute atomic E-state index is 0.188. The second-order valence-corrected chi connectivity index (χ2v) is 4.25. The number of halogens is 2. The van der Waals surface area contributed by atoms with Crippen LogP contribution < -0.4 is 0 Å². The predicted molar refractivity (Wildman–Crippen MR) is 63.7 cm³/mol. The zero-order chi connectivity index (χ0) is 10.8. The average molecular weight is 244 g/mol. The van der Waals surface area contributed by atoms with E-state index in [-0.39, 0.29) is 6.61 Å². The second-order valence-electron chi connectivity index (χ2n) is 3.41. The Morgan fingerprint density at radius 2 is 2.07 bits per heavy atom. The monoisotopic (exact) mass is 243 g/mol. The lowest BCUT2D eigenvalue weighted by molar-refractivity contribution is 0.280. The number of aryl methyl sites for hydroxylation is 1.